The lowest BCUT2D eigenvalue weighted by Crippen LogP contribution is -2.00. The first kappa shape index (κ1) is 31.9. The molecule has 0 atom stereocenters. The van der Waals surface area contributed by atoms with Crippen LogP contribution >= 0.6 is 0 Å². The van der Waals surface area contributed by atoms with Crippen molar-refractivity contribution in [3.63, 3.8) is 0 Å². The number of hydrogen-bond acceptors (Lipinski definition) is 5. The molecule has 0 radical (unpaired) electrons. The zero-order chi connectivity index (χ0) is 37.0. The van der Waals surface area contributed by atoms with Gasteiger partial charge < -0.3 is 8.83 Å². The Morgan fingerprint density at radius 2 is 0.750 bits per heavy atom. The summed E-state index contributed by atoms with van der Waals surface area (Å²) in [4.78, 5) is 15.2. The van der Waals surface area contributed by atoms with Crippen molar-refractivity contribution in [2.45, 2.75) is 0 Å². The van der Waals surface area contributed by atoms with Gasteiger partial charge in [-0.3, -0.25) is 0 Å². The predicted octanol–water partition coefficient (Wildman–Crippen LogP) is 13.7. The van der Waals surface area contributed by atoms with Crippen LogP contribution in [-0.4, -0.2) is 15.0 Å². The Hall–Kier alpha value is -7.63. The highest BCUT2D eigenvalue weighted by atomic mass is 16.3. The quantitative estimate of drug-likeness (QED) is 0.171. The van der Waals surface area contributed by atoms with Crippen LogP contribution in [0.5, 0.6) is 0 Å². The van der Waals surface area contributed by atoms with E-state index in [1.54, 1.807) is 0 Å². The molecule has 0 fully saturated rings. The summed E-state index contributed by atoms with van der Waals surface area (Å²) in [6, 6.07) is 64.5. The minimum Gasteiger partial charge on any atom is -0.455 e. The van der Waals surface area contributed by atoms with Crippen LogP contribution in [0.15, 0.2) is 197 Å². The molecule has 262 valence electrons. The summed E-state index contributed by atoms with van der Waals surface area (Å²) < 4.78 is 13.5. The average Bonchev–Trinajstić information content (AvgIpc) is 3.86. The van der Waals surface area contributed by atoms with Crippen molar-refractivity contribution < 1.29 is 8.83 Å². The lowest BCUT2D eigenvalue weighted by molar-refractivity contribution is 0.669. The van der Waals surface area contributed by atoms with Gasteiger partial charge in [0, 0.05) is 43.8 Å². The van der Waals surface area contributed by atoms with Crippen molar-refractivity contribution in [1.82, 2.24) is 15.0 Å². The van der Waals surface area contributed by atoms with Crippen LogP contribution < -0.4 is 0 Å². The molecule has 0 amide bonds. The fourth-order valence-corrected chi connectivity index (χ4v) is 7.82. The Morgan fingerprint density at radius 1 is 0.268 bits per heavy atom. The van der Waals surface area contributed by atoms with Gasteiger partial charge in [-0.15, -0.1) is 0 Å². The monoisotopic (exact) mass is 717 g/mol. The molecule has 8 aromatic carbocycles. The number of para-hydroxylation sites is 3. The number of nitrogens with zero attached hydrogens (tertiary/aromatic N) is 3. The van der Waals surface area contributed by atoms with E-state index in [4.69, 9.17) is 23.8 Å². The Bertz CT molecular complexity index is 3220. The molecule has 0 spiro atoms. The van der Waals surface area contributed by atoms with E-state index in [0.717, 1.165) is 93.9 Å². The third kappa shape index (κ3) is 5.37. The Kier molecular flexibility index (Phi) is 7.42. The lowest BCUT2D eigenvalue weighted by atomic mass is 9.95. The second-order valence-electron chi connectivity index (χ2n) is 13.9. The number of hydrogen-bond donors (Lipinski definition) is 0. The molecule has 0 N–H and O–H groups in total. The first-order valence-electron chi connectivity index (χ1n) is 18.7. The number of rotatable bonds is 6. The van der Waals surface area contributed by atoms with Gasteiger partial charge in [-0.05, 0) is 46.5 Å². The van der Waals surface area contributed by atoms with Crippen LogP contribution in [0, 0.1) is 0 Å². The molecule has 3 heterocycles. The number of furan rings is 2. The van der Waals surface area contributed by atoms with Gasteiger partial charge in [-0.25, -0.2) is 15.0 Å². The normalized spacial score (nSPS) is 11.6. The molecule has 56 heavy (non-hydrogen) atoms. The highest BCUT2D eigenvalue weighted by Gasteiger charge is 2.21. The number of fused-ring (bicyclic) bond motifs is 6. The Morgan fingerprint density at radius 3 is 1.45 bits per heavy atom. The van der Waals surface area contributed by atoms with E-state index in [1.165, 1.54) is 0 Å². The van der Waals surface area contributed by atoms with E-state index in [1.807, 2.05) is 60.7 Å². The molecule has 5 heteroatoms. The van der Waals surface area contributed by atoms with Gasteiger partial charge in [0.1, 0.15) is 22.3 Å². The molecule has 0 bridgehead atoms. The highest BCUT2D eigenvalue weighted by Crippen LogP contribution is 2.44. The molecule has 5 nitrogen and oxygen atoms in total. The first-order valence-corrected chi connectivity index (χ1v) is 18.7. The van der Waals surface area contributed by atoms with Crippen molar-refractivity contribution in [2.75, 3.05) is 0 Å². The molecular weight excluding hydrogens is 687 g/mol. The summed E-state index contributed by atoms with van der Waals surface area (Å²) in [6.07, 6.45) is 0. The van der Waals surface area contributed by atoms with E-state index < -0.39 is 0 Å². The van der Waals surface area contributed by atoms with Gasteiger partial charge in [-0.1, -0.05) is 164 Å². The standard InChI is InChI=1S/C51H31N3O2/c1-4-14-32(15-5-1)33-26-28-36(29-27-33)50-52-49(35-18-8-3-9-19-35)53-51(54-50)42-24-13-23-41-40-22-12-21-38(46(40)56-47(41)42)37-30-43(34-16-6-2-7-17-34)48-44(31-37)39-20-10-11-25-45(39)55-48/h1-31H. The van der Waals surface area contributed by atoms with Crippen LogP contribution in [0.1, 0.15) is 0 Å². The van der Waals surface area contributed by atoms with Crippen molar-refractivity contribution in [1.29, 1.82) is 0 Å². The van der Waals surface area contributed by atoms with Gasteiger partial charge in [-0.2, -0.15) is 0 Å². The SMILES string of the molecule is c1ccc(-c2ccc(-c3nc(-c4ccccc4)nc(-c4cccc5c4oc4c(-c6cc(-c7ccccc7)c7oc8ccccc8c7c6)cccc45)n3)cc2)cc1. The van der Waals surface area contributed by atoms with Gasteiger partial charge >= 0.3 is 0 Å². The third-order valence-corrected chi connectivity index (χ3v) is 10.6. The molecule has 3 aromatic heterocycles. The van der Waals surface area contributed by atoms with Crippen molar-refractivity contribution >= 4 is 43.9 Å². The summed E-state index contributed by atoms with van der Waals surface area (Å²) in [7, 11) is 0. The molecule has 0 saturated heterocycles. The second-order valence-corrected chi connectivity index (χ2v) is 13.9. The number of benzene rings is 8. The molecule has 0 saturated carbocycles. The van der Waals surface area contributed by atoms with Crippen molar-refractivity contribution in [2.24, 2.45) is 0 Å². The van der Waals surface area contributed by atoms with E-state index in [9.17, 15) is 0 Å². The summed E-state index contributed by atoms with van der Waals surface area (Å²) in [5, 5.41) is 4.16. The topological polar surface area (TPSA) is 65.0 Å². The minimum atomic E-state index is 0.546. The molecule has 0 aliphatic carbocycles. The summed E-state index contributed by atoms with van der Waals surface area (Å²) in [6.45, 7) is 0. The molecule has 0 unspecified atom stereocenters. The van der Waals surface area contributed by atoms with Gasteiger partial charge in [0.2, 0.25) is 0 Å². The maximum absolute atomic E-state index is 6.98. The molecule has 0 aliphatic rings. The van der Waals surface area contributed by atoms with Crippen molar-refractivity contribution in [3.05, 3.63) is 188 Å². The smallest absolute Gasteiger partial charge is 0.167 e. The fourth-order valence-electron chi connectivity index (χ4n) is 7.82. The van der Waals surface area contributed by atoms with Crippen LogP contribution in [0.25, 0.3) is 111 Å². The van der Waals surface area contributed by atoms with Crippen LogP contribution in [0.3, 0.4) is 0 Å². The molecular formula is C51H31N3O2. The molecule has 11 aromatic rings. The maximum atomic E-state index is 6.98. The molecule has 0 aliphatic heterocycles. The van der Waals surface area contributed by atoms with E-state index in [-0.39, 0.29) is 0 Å². The van der Waals surface area contributed by atoms with Gasteiger partial charge in [0.15, 0.2) is 17.5 Å². The minimum absolute atomic E-state index is 0.546. The van der Waals surface area contributed by atoms with E-state index in [2.05, 4.69) is 127 Å². The fraction of sp³-hybridized carbons (Fsp3) is 0. The van der Waals surface area contributed by atoms with Crippen LogP contribution in [0.4, 0.5) is 0 Å². The summed E-state index contributed by atoms with van der Waals surface area (Å²) in [5.41, 5.74) is 12.3. The summed E-state index contributed by atoms with van der Waals surface area (Å²) in [5.74, 6) is 1.74. The zero-order valence-corrected chi connectivity index (χ0v) is 30.1. The van der Waals surface area contributed by atoms with Crippen molar-refractivity contribution in [3.8, 4) is 67.5 Å². The first-order chi connectivity index (χ1) is 27.7. The number of aromatic nitrogens is 3. The third-order valence-electron chi connectivity index (χ3n) is 10.6. The Labute approximate surface area is 322 Å². The van der Waals surface area contributed by atoms with E-state index in [0.29, 0.717) is 17.5 Å². The Balaban J connectivity index is 1.10. The van der Waals surface area contributed by atoms with Gasteiger partial charge in [0.25, 0.3) is 0 Å². The lowest BCUT2D eigenvalue weighted by Gasteiger charge is -2.09. The van der Waals surface area contributed by atoms with E-state index >= 15 is 0 Å². The summed E-state index contributed by atoms with van der Waals surface area (Å²) >= 11 is 0. The largest absolute Gasteiger partial charge is 0.455 e. The van der Waals surface area contributed by atoms with Crippen LogP contribution in [0.2, 0.25) is 0 Å². The maximum Gasteiger partial charge on any atom is 0.167 e. The molecule has 11 rings (SSSR count). The predicted molar refractivity (Wildman–Crippen MR) is 227 cm³/mol. The van der Waals surface area contributed by atoms with Gasteiger partial charge in [0.05, 0.1) is 5.56 Å². The second kappa shape index (κ2) is 13.0. The average molecular weight is 718 g/mol. The zero-order valence-electron chi connectivity index (χ0n) is 30.1. The highest BCUT2D eigenvalue weighted by molar-refractivity contribution is 6.15. The van der Waals surface area contributed by atoms with Crippen LogP contribution in [-0.2, 0) is 0 Å².